The Morgan fingerprint density at radius 3 is 2.27 bits per heavy atom. The molecule has 4 nitrogen and oxygen atoms in total. The summed E-state index contributed by atoms with van der Waals surface area (Å²) in [4.78, 5) is 11.6. The van der Waals surface area contributed by atoms with E-state index in [1.54, 1.807) is 6.92 Å². The van der Waals surface area contributed by atoms with Gasteiger partial charge in [0.15, 0.2) is 0 Å². The number of carbonyl (C=O) groups is 1. The van der Waals surface area contributed by atoms with E-state index in [2.05, 4.69) is 5.32 Å². The van der Waals surface area contributed by atoms with Crippen molar-refractivity contribution in [3.8, 4) is 0 Å². The molecular formula is C10H19NO3S. The molecule has 0 atom stereocenters. The number of sulfone groups is 1. The topological polar surface area (TPSA) is 63.2 Å². The summed E-state index contributed by atoms with van der Waals surface area (Å²) in [5, 5.41) is 3.15. The number of ketones is 1. The Labute approximate surface area is 91.4 Å². The molecule has 88 valence electrons. The fraction of sp³-hybridized carbons (Fsp3) is 0.900. The molecule has 0 aliphatic carbocycles. The molecule has 0 aromatic carbocycles. The summed E-state index contributed by atoms with van der Waals surface area (Å²) >= 11 is 0. The number of carbonyl (C=O) groups excluding carboxylic acids is 1. The lowest BCUT2D eigenvalue weighted by Crippen LogP contribution is -2.45. The molecule has 0 saturated carbocycles. The van der Waals surface area contributed by atoms with Crippen LogP contribution in [-0.2, 0) is 14.6 Å². The van der Waals surface area contributed by atoms with Crippen LogP contribution in [0.25, 0.3) is 0 Å². The lowest BCUT2D eigenvalue weighted by Gasteiger charge is -2.34. The predicted octanol–water partition coefficient (Wildman–Crippen LogP) is 0.380. The highest BCUT2D eigenvalue weighted by molar-refractivity contribution is 7.91. The van der Waals surface area contributed by atoms with Crippen molar-refractivity contribution >= 4 is 15.6 Å². The summed E-state index contributed by atoms with van der Waals surface area (Å²) < 4.78 is 22.6. The summed E-state index contributed by atoms with van der Waals surface area (Å²) in [7, 11) is -2.89. The van der Waals surface area contributed by atoms with Gasteiger partial charge in [0.25, 0.3) is 0 Å². The van der Waals surface area contributed by atoms with Gasteiger partial charge in [-0.2, -0.15) is 0 Å². The fourth-order valence-electron chi connectivity index (χ4n) is 1.95. The second-order valence-corrected chi connectivity index (χ2v) is 6.57. The second-order valence-electron chi connectivity index (χ2n) is 4.27. The second kappa shape index (κ2) is 4.61. The molecule has 0 spiro atoms. The molecule has 1 rings (SSSR count). The fourth-order valence-corrected chi connectivity index (χ4v) is 3.55. The maximum absolute atomic E-state index is 11.6. The van der Waals surface area contributed by atoms with Crippen LogP contribution in [0, 0.1) is 5.41 Å². The molecule has 1 N–H and O–H groups in total. The van der Waals surface area contributed by atoms with Crippen molar-refractivity contribution < 1.29 is 13.2 Å². The van der Waals surface area contributed by atoms with Crippen LogP contribution in [0.3, 0.4) is 0 Å². The van der Waals surface area contributed by atoms with E-state index in [0.29, 0.717) is 19.4 Å². The molecule has 0 radical (unpaired) electrons. The van der Waals surface area contributed by atoms with Crippen LogP contribution in [0.2, 0.25) is 0 Å². The van der Waals surface area contributed by atoms with E-state index in [9.17, 15) is 13.2 Å². The van der Waals surface area contributed by atoms with Crippen molar-refractivity contribution in [3.63, 3.8) is 0 Å². The van der Waals surface area contributed by atoms with Crippen molar-refractivity contribution in [1.82, 2.24) is 5.32 Å². The van der Waals surface area contributed by atoms with Crippen LogP contribution in [0.15, 0.2) is 0 Å². The Morgan fingerprint density at radius 1 is 1.33 bits per heavy atom. The van der Waals surface area contributed by atoms with Gasteiger partial charge in [0.1, 0.15) is 15.6 Å². The van der Waals surface area contributed by atoms with E-state index in [1.165, 1.54) is 0 Å². The molecular weight excluding hydrogens is 214 g/mol. The summed E-state index contributed by atoms with van der Waals surface area (Å²) in [6.45, 7) is 4.96. The van der Waals surface area contributed by atoms with Crippen LogP contribution in [0.1, 0.15) is 26.7 Å². The van der Waals surface area contributed by atoms with E-state index in [4.69, 9.17) is 0 Å². The maximum Gasteiger partial charge on any atom is 0.150 e. The minimum atomic E-state index is -2.89. The third-order valence-electron chi connectivity index (χ3n) is 3.24. The van der Waals surface area contributed by atoms with Crippen molar-refractivity contribution in [3.05, 3.63) is 0 Å². The van der Waals surface area contributed by atoms with Crippen LogP contribution in [-0.4, -0.2) is 38.8 Å². The van der Waals surface area contributed by atoms with Crippen molar-refractivity contribution in [1.29, 1.82) is 0 Å². The lowest BCUT2D eigenvalue weighted by atomic mass is 9.78. The molecule has 15 heavy (non-hydrogen) atoms. The lowest BCUT2D eigenvalue weighted by molar-refractivity contribution is -0.126. The predicted molar refractivity (Wildman–Crippen MR) is 59.5 cm³/mol. The SMILES string of the molecule is CCNCC1(C(C)=O)CCS(=O)(=O)CC1. The molecule has 1 heterocycles. The summed E-state index contributed by atoms with van der Waals surface area (Å²) in [6.07, 6.45) is 0.940. The molecule has 0 aromatic heterocycles. The van der Waals surface area contributed by atoms with Gasteiger partial charge in [-0.1, -0.05) is 6.92 Å². The minimum absolute atomic E-state index is 0.110. The van der Waals surface area contributed by atoms with Gasteiger partial charge < -0.3 is 5.32 Å². The molecule has 0 bridgehead atoms. The third-order valence-corrected chi connectivity index (χ3v) is 4.90. The zero-order valence-electron chi connectivity index (χ0n) is 9.38. The highest BCUT2D eigenvalue weighted by atomic mass is 32.2. The number of rotatable bonds is 4. The first kappa shape index (κ1) is 12.6. The first-order chi connectivity index (χ1) is 6.92. The third kappa shape index (κ3) is 3.01. The van der Waals surface area contributed by atoms with E-state index >= 15 is 0 Å². The summed E-state index contributed by atoms with van der Waals surface area (Å²) in [5.74, 6) is 0.411. The van der Waals surface area contributed by atoms with Gasteiger partial charge in [0.2, 0.25) is 0 Å². The average molecular weight is 233 g/mol. The number of Topliss-reactive ketones (excluding diaryl/α,β-unsaturated/α-hetero) is 1. The van der Waals surface area contributed by atoms with Crippen LogP contribution >= 0.6 is 0 Å². The Kier molecular flexibility index (Phi) is 3.89. The minimum Gasteiger partial charge on any atom is -0.316 e. The van der Waals surface area contributed by atoms with Gasteiger partial charge >= 0.3 is 0 Å². The Hall–Kier alpha value is -0.420. The highest BCUT2D eigenvalue weighted by Gasteiger charge is 2.40. The van der Waals surface area contributed by atoms with E-state index in [1.807, 2.05) is 6.92 Å². The average Bonchev–Trinajstić information content (AvgIpc) is 2.16. The number of hydrogen-bond acceptors (Lipinski definition) is 4. The normalized spacial score (nSPS) is 23.6. The Morgan fingerprint density at radius 2 is 1.87 bits per heavy atom. The summed E-state index contributed by atoms with van der Waals surface area (Å²) in [5.41, 5.74) is -0.443. The Balaban J connectivity index is 2.73. The number of hydrogen-bond donors (Lipinski definition) is 1. The molecule has 1 aliphatic heterocycles. The molecule has 0 unspecified atom stereocenters. The molecule has 5 heteroatoms. The van der Waals surface area contributed by atoms with Gasteiger partial charge in [-0.05, 0) is 26.3 Å². The standard InChI is InChI=1S/C10H19NO3S/c1-3-11-8-10(9(2)12)4-6-15(13,14)7-5-10/h11H,3-8H2,1-2H3. The van der Waals surface area contributed by atoms with Crippen molar-refractivity contribution in [2.24, 2.45) is 5.41 Å². The largest absolute Gasteiger partial charge is 0.316 e. The van der Waals surface area contributed by atoms with Gasteiger partial charge in [-0.15, -0.1) is 0 Å². The monoisotopic (exact) mass is 233 g/mol. The molecule has 1 fully saturated rings. The first-order valence-corrected chi connectivity index (χ1v) is 7.16. The molecule has 1 saturated heterocycles. The molecule has 0 amide bonds. The van der Waals surface area contributed by atoms with E-state index < -0.39 is 15.3 Å². The summed E-state index contributed by atoms with van der Waals surface area (Å²) in [6, 6.07) is 0. The zero-order valence-corrected chi connectivity index (χ0v) is 10.2. The molecule has 0 aromatic rings. The van der Waals surface area contributed by atoms with Gasteiger partial charge in [0.05, 0.1) is 11.5 Å². The van der Waals surface area contributed by atoms with Gasteiger partial charge in [0, 0.05) is 12.0 Å². The van der Waals surface area contributed by atoms with Gasteiger partial charge in [-0.25, -0.2) is 8.42 Å². The van der Waals surface area contributed by atoms with Gasteiger partial charge in [-0.3, -0.25) is 4.79 Å². The Bertz CT molecular complexity index is 321. The first-order valence-electron chi connectivity index (χ1n) is 5.34. The highest BCUT2D eigenvalue weighted by Crippen LogP contribution is 2.32. The van der Waals surface area contributed by atoms with E-state index in [0.717, 1.165) is 6.54 Å². The van der Waals surface area contributed by atoms with Crippen LogP contribution in [0.5, 0.6) is 0 Å². The van der Waals surface area contributed by atoms with Crippen LogP contribution in [0.4, 0.5) is 0 Å². The van der Waals surface area contributed by atoms with E-state index in [-0.39, 0.29) is 17.3 Å². The zero-order chi connectivity index (χ0) is 11.5. The van der Waals surface area contributed by atoms with Crippen molar-refractivity contribution in [2.45, 2.75) is 26.7 Å². The maximum atomic E-state index is 11.6. The quantitative estimate of drug-likeness (QED) is 0.762. The van der Waals surface area contributed by atoms with Crippen LogP contribution < -0.4 is 5.32 Å². The smallest absolute Gasteiger partial charge is 0.150 e. The van der Waals surface area contributed by atoms with Crippen molar-refractivity contribution in [2.75, 3.05) is 24.6 Å². The number of nitrogens with one attached hydrogen (secondary N) is 1. The molecule has 1 aliphatic rings.